The van der Waals surface area contributed by atoms with Crippen LogP contribution in [0.3, 0.4) is 0 Å². The normalized spacial score (nSPS) is 12.5. The van der Waals surface area contributed by atoms with Crippen molar-refractivity contribution in [2.45, 2.75) is 71.6 Å². The van der Waals surface area contributed by atoms with Gasteiger partial charge in [-0.25, -0.2) is 9.59 Å². The Morgan fingerprint density at radius 2 is 1.44 bits per heavy atom. The monoisotopic (exact) mass is 702 g/mol. The van der Waals surface area contributed by atoms with E-state index >= 15 is 0 Å². The van der Waals surface area contributed by atoms with Crippen molar-refractivity contribution < 1.29 is 28.6 Å². The van der Waals surface area contributed by atoms with Crippen LogP contribution in [0.5, 0.6) is 5.75 Å². The summed E-state index contributed by atoms with van der Waals surface area (Å²) in [7, 11) is 0. The molecule has 0 saturated heterocycles. The molecule has 8 nitrogen and oxygen atoms in total. The molecular formula is C24H36I2N2O6. The summed E-state index contributed by atoms with van der Waals surface area (Å²) in [5.74, 6) is -0.758. The number of ether oxygens (including phenoxy) is 3. The minimum atomic E-state index is -1.05. The SMILES string of the molecule is CC(C)(C)OC(=O)CC[C@H](NC(=O)Oc1ccc(N(CCI)CCI)cc1)C(=O)OC(C)(C)C. The van der Waals surface area contributed by atoms with Crippen molar-refractivity contribution in [1.29, 1.82) is 0 Å². The molecule has 1 amide bonds. The molecule has 0 fully saturated rings. The Hall–Kier alpha value is -1.31. The Morgan fingerprint density at radius 1 is 0.912 bits per heavy atom. The second-order valence-corrected chi connectivity index (χ2v) is 11.8. The smallest absolute Gasteiger partial charge is 0.413 e. The molecule has 0 aliphatic heterocycles. The predicted molar refractivity (Wildman–Crippen MR) is 150 cm³/mol. The Bertz CT molecular complexity index is 797. The molecule has 1 N–H and O–H groups in total. The van der Waals surface area contributed by atoms with Crippen LogP contribution in [0, 0.1) is 0 Å². The number of alkyl halides is 2. The Balaban J connectivity index is 2.82. The largest absolute Gasteiger partial charge is 0.460 e. The Kier molecular flexibility index (Phi) is 12.9. The van der Waals surface area contributed by atoms with Gasteiger partial charge in [-0.1, -0.05) is 45.2 Å². The molecule has 10 heteroatoms. The number of esters is 2. The lowest BCUT2D eigenvalue weighted by atomic mass is 10.1. The van der Waals surface area contributed by atoms with E-state index in [-0.39, 0.29) is 12.8 Å². The first-order valence-electron chi connectivity index (χ1n) is 11.1. The highest BCUT2D eigenvalue weighted by Gasteiger charge is 2.29. The van der Waals surface area contributed by atoms with Crippen LogP contribution in [0.15, 0.2) is 24.3 Å². The minimum Gasteiger partial charge on any atom is -0.460 e. The first-order valence-corrected chi connectivity index (χ1v) is 14.2. The summed E-state index contributed by atoms with van der Waals surface area (Å²) in [6.45, 7) is 12.3. The van der Waals surface area contributed by atoms with E-state index in [1.165, 1.54) is 0 Å². The summed E-state index contributed by atoms with van der Waals surface area (Å²) < 4.78 is 18.1. The molecule has 1 rings (SSSR count). The van der Waals surface area contributed by atoms with Crippen LogP contribution < -0.4 is 15.0 Å². The molecule has 0 radical (unpaired) electrons. The van der Waals surface area contributed by atoms with Gasteiger partial charge in [0.2, 0.25) is 0 Å². The van der Waals surface area contributed by atoms with Gasteiger partial charge in [0.05, 0.1) is 0 Å². The molecule has 0 aliphatic rings. The molecule has 1 aromatic carbocycles. The van der Waals surface area contributed by atoms with E-state index in [0.717, 1.165) is 27.6 Å². The van der Waals surface area contributed by atoms with E-state index in [2.05, 4.69) is 55.4 Å². The summed E-state index contributed by atoms with van der Waals surface area (Å²) >= 11 is 4.69. The van der Waals surface area contributed by atoms with Crippen molar-refractivity contribution in [1.82, 2.24) is 5.32 Å². The lowest BCUT2D eigenvalue weighted by Gasteiger charge is -2.25. The predicted octanol–water partition coefficient (Wildman–Crippen LogP) is 5.28. The summed E-state index contributed by atoms with van der Waals surface area (Å²) in [5.41, 5.74) is -0.338. The fourth-order valence-corrected chi connectivity index (χ4v) is 4.02. The van der Waals surface area contributed by atoms with Crippen LogP contribution in [-0.4, -0.2) is 57.2 Å². The van der Waals surface area contributed by atoms with E-state index in [4.69, 9.17) is 14.2 Å². The molecule has 0 unspecified atom stereocenters. The number of rotatable bonds is 11. The van der Waals surface area contributed by atoms with Crippen molar-refractivity contribution in [3.05, 3.63) is 24.3 Å². The van der Waals surface area contributed by atoms with Gasteiger partial charge < -0.3 is 24.4 Å². The van der Waals surface area contributed by atoms with Crippen molar-refractivity contribution in [3.63, 3.8) is 0 Å². The van der Waals surface area contributed by atoms with Crippen molar-refractivity contribution in [2.24, 2.45) is 0 Å². The molecule has 192 valence electrons. The van der Waals surface area contributed by atoms with Gasteiger partial charge in [-0.05, 0) is 72.2 Å². The average Bonchev–Trinajstić information content (AvgIpc) is 2.69. The molecule has 0 bridgehead atoms. The third-order valence-electron chi connectivity index (χ3n) is 4.16. The van der Waals surface area contributed by atoms with Gasteiger partial charge in [0.25, 0.3) is 0 Å². The van der Waals surface area contributed by atoms with Crippen LogP contribution >= 0.6 is 45.2 Å². The minimum absolute atomic E-state index is 0.0272. The maximum Gasteiger partial charge on any atom is 0.413 e. The summed E-state index contributed by atoms with van der Waals surface area (Å²) in [6, 6.07) is 6.17. The average molecular weight is 702 g/mol. The van der Waals surface area contributed by atoms with Gasteiger partial charge in [-0.3, -0.25) is 4.79 Å². The summed E-state index contributed by atoms with van der Waals surface area (Å²) in [6.07, 6.45) is -0.830. The lowest BCUT2D eigenvalue weighted by molar-refractivity contribution is -0.158. The zero-order chi connectivity index (χ0) is 25.9. The number of hydrogen-bond donors (Lipinski definition) is 1. The van der Waals surface area contributed by atoms with Gasteiger partial charge in [-0.2, -0.15) is 0 Å². The van der Waals surface area contributed by atoms with Crippen molar-refractivity contribution in [3.8, 4) is 5.75 Å². The quantitative estimate of drug-likeness (QED) is 0.191. The van der Waals surface area contributed by atoms with E-state index in [0.29, 0.717) is 5.75 Å². The van der Waals surface area contributed by atoms with Gasteiger partial charge >= 0.3 is 18.0 Å². The molecule has 0 heterocycles. The van der Waals surface area contributed by atoms with Gasteiger partial charge in [0.1, 0.15) is 23.0 Å². The maximum absolute atomic E-state index is 12.6. The Labute approximate surface area is 230 Å². The number of nitrogens with zero attached hydrogens (tertiary/aromatic N) is 1. The fraction of sp³-hybridized carbons (Fsp3) is 0.625. The number of carbonyl (C=O) groups excluding carboxylic acids is 3. The third kappa shape index (κ3) is 13.0. The lowest BCUT2D eigenvalue weighted by Crippen LogP contribution is -2.45. The molecular weight excluding hydrogens is 666 g/mol. The van der Waals surface area contributed by atoms with Crippen molar-refractivity contribution in [2.75, 3.05) is 26.8 Å². The maximum atomic E-state index is 12.6. The highest BCUT2D eigenvalue weighted by molar-refractivity contribution is 14.1. The number of carbonyl (C=O) groups is 3. The van der Waals surface area contributed by atoms with Crippen LogP contribution in [0.4, 0.5) is 10.5 Å². The van der Waals surface area contributed by atoms with Gasteiger partial charge in [0.15, 0.2) is 0 Å². The highest BCUT2D eigenvalue weighted by atomic mass is 127. The zero-order valence-electron chi connectivity index (χ0n) is 20.8. The van der Waals surface area contributed by atoms with E-state index in [1.54, 1.807) is 53.7 Å². The molecule has 1 aromatic rings. The fourth-order valence-electron chi connectivity index (χ4n) is 2.85. The number of halogens is 2. The number of hydrogen-bond acceptors (Lipinski definition) is 7. The van der Waals surface area contributed by atoms with E-state index < -0.39 is 35.3 Å². The molecule has 0 aliphatic carbocycles. The van der Waals surface area contributed by atoms with Crippen LogP contribution in [0.1, 0.15) is 54.4 Å². The highest BCUT2D eigenvalue weighted by Crippen LogP contribution is 2.20. The first kappa shape index (κ1) is 30.7. The molecule has 1 atom stereocenters. The second kappa shape index (κ2) is 14.3. The first-order chi connectivity index (χ1) is 15.7. The topological polar surface area (TPSA) is 94.2 Å². The summed E-state index contributed by atoms with van der Waals surface area (Å²) in [5, 5.41) is 2.53. The van der Waals surface area contributed by atoms with Crippen LogP contribution in [0.25, 0.3) is 0 Å². The van der Waals surface area contributed by atoms with E-state index in [9.17, 15) is 14.4 Å². The standard InChI is InChI=1S/C24H36I2N2O6/c1-23(2,3)33-20(29)12-11-19(21(30)34-24(4,5)6)27-22(31)32-18-9-7-17(8-10-18)28(15-13-25)16-14-26/h7-10,19H,11-16H2,1-6H3,(H,27,31)/t19-/m0/s1. The molecule has 34 heavy (non-hydrogen) atoms. The molecule has 0 saturated carbocycles. The van der Waals surface area contributed by atoms with Crippen molar-refractivity contribution >= 4 is 68.9 Å². The van der Waals surface area contributed by atoms with Gasteiger partial charge in [-0.15, -0.1) is 0 Å². The second-order valence-electron chi connectivity index (χ2n) is 9.60. The third-order valence-corrected chi connectivity index (χ3v) is 5.13. The van der Waals surface area contributed by atoms with E-state index in [1.807, 2.05) is 12.1 Å². The number of anilines is 1. The van der Waals surface area contributed by atoms with Gasteiger partial charge in [0, 0.05) is 34.1 Å². The number of benzene rings is 1. The van der Waals surface area contributed by atoms with Crippen LogP contribution in [-0.2, 0) is 19.1 Å². The van der Waals surface area contributed by atoms with Crippen LogP contribution in [0.2, 0.25) is 0 Å². The number of amides is 1. The Morgan fingerprint density at radius 3 is 1.91 bits per heavy atom. The zero-order valence-corrected chi connectivity index (χ0v) is 25.1. The molecule has 0 spiro atoms. The number of nitrogens with one attached hydrogen (secondary N) is 1. The molecule has 0 aromatic heterocycles. The summed E-state index contributed by atoms with van der Waals surface area (Å²) in [4.78, 5) is 39.5.